The van der Waals surface area contributed by atoms with Crippen molar-refractivity contribution in [1.29, 1.82) is 0 Å². The number of anilines is 1. The van der Waals surface area contributed by atoms with Crippen LogP contribution in [0.4, 0.5) is 5.69 Å². The van der Waals surface area contributed by atoms with Crippen molar-refractivity contribution in [2.75, 3.05) is 18.8 Å². The SMILES string of the molecule is Cn1cc(N)c(S(=O)(=O)N2CCCC2)n1. The van der Waals surface area contributed by atoms with Gasteiger partial charge < -0.3 is 5.73 Å². The van der Waals surface area contributed by atoms with Crippen molar-refractivity contribution in [3.63, 3.8) is 0 Å². The van der Waals surface area contributed by atoms with E-state index >= 15 is 0 Å². The van der Waals surface area contributed by atoms with Gasteiger partial charge >= 0.3 is 0 Å². The van der Waals surface area contributed by atoms with Gasteiger partial charge in [-0.15, -0.1) is 0 Å². The summed E-state index contributed by atoms with van der Waals surface area (Å²) in [6.45, 7) is 1.14. The van der Waals surface area contributed by atoms with E-state index in [0.717, 1.165) is 12.8 Å². The lowest BCUT2D eigenvalue weighted by Gasteiger charge is -2.13. The van der Waals surface area contributed by atoms with Crippen molar-refractivity contribution in [1.82, 2.24) is 14.1 Å². The molecule has 0 aromatic carbocycles. The third-order valence-electron chi connectivity index (χ3n) is 2.47. The van der Waals surface area contributed by atoms with E-state index in [0.29, 0.717) is 13.1 Å². The van der Waals surface area contributed by atoms with Crippen molar-refractivity contribution in [2.45, 2.75) is 17.9 Å². The summed E-state index contributed by atoms with van der Waals surface area (Å²) in [5.41, 5.74) is 5.82. The molecule has 0 saturated carbocycles. The monoisotopic (exact) mass is 230 g/mol. The molecule has 1 fully saturated rings. The Balaban J connectivity index is 2.40. The van der Waals surface area contributed by atoms with Gasteiger partial charge in [0.15, 0.2) is 0 Å². The fourth-order valence-electron chi connectivity index (χ4n) is 1.74. The summed E-state index contributed by atoms with van der Waals surface area (Å²) in [4.78, 5) is 0. The molecule has 0 spiro atoms. The van der Waals surface area contributed by atoms with Gasteiger partial charge in [-0.05, 0) is 12.8 Å². The summed E-state index contributed by atoms with van der Waals surface area (Å²) in [6.07, 6.45) is 3.32. The Morgan fingerprint density at radius 3 is 2.47 bits per heavy atom. The highest BCUT2D eigenvalue weighted by Crippen LogP contribution is 2.23. The van der Waals surface area contributed by atoms with Gasteiger partial charge in [0.05, 0.1) is 5.69 Å². The smallest absolute Gasteiger partial charge is 0.264 e. The van der Waals surface area contributed by atoms with Crippen LogP contribution in [0.25, 0.3) is 0 Å². The third-order valence-corrected chi connectivity index (χ3v) is 4.32. The number of hydrogen-bond donors (Lipinski definition) is 1. The molecule has 2 rings (SSSR count). The van der Waals surface area contributed by atoms with E-state index in [9.17, 15) is 8.42 Å². The summed E-state index contributed by atoms with van der Waals surface area (Å²) in [7, 11) is -1.82. The van der Waals surface area contributed by atoms with Gasteiger partial charge in [0.1, 0.15) is 0 Å². The number of aryl methyl sites for hydroxylation is 1. The Morgan fingerprint density at radius 2 is 2.00 bits per heavy atom. The number of aromatic nitrogens is 2. The van der Waals surface area contributed by atoms with Gasteiger partial charge in [0, 0.05) is 26.3 Å². The zero-order valence-corrected chi connectivity index (χ0v) is 9.37. The predicted molar refractivity (Wildman–Crippen MR) is 55.6 cm³/mol. The van der Waals surface area contributed by atoms with Crippen LogP contribution in [0.3, 0.4) is 0 Å². The van der Waals surface area contributed by atoms with Crippen molar-refractivity contribution < 1.29 is 8.42 Å². The molecule has 1 aliphatic rings. The minimum Gasteiger partial charge on any atom is -0.395 e. The van der Waals surface area contributed by atoms with Crippen molar-refractivity contribution in [2.24, 2.45) is 7.05 Å². The summed E-state index contributed by atoms with van der Waals surface area (Å²) < 4.78 is 26.9. The summed E-state index contributed by atoms with van der Waals surface area (Å²) >= 11 is 0. The van der Waals surface area contributed by atoms with E-state index in [4.69, 9.17) is 5.73 Å². The molecule has 0 unspecified atom stereocenters. The predicted octanol–water partition coefficient (Wildman–Crippen LogP) is -0.213. The van der Waals surface area contributed by atoms with Gasteiger partial charge in [0.2, 0.25) is 5.03 Å². The maximum atomic E-state index is 12.0. The average molecular weight is 230 g/mol. The zero-order chi connectivity index (χ0) is 11.1. The molecule has 0 radical (unpaired) electrons. The van der Waals surface area contributed by atoms with Crippen LogP contribution >= 0.6 is 0 Å². The molecule has 6 nitrogen and oxygen atoms in total. The minimum absolute atomic E-state index is 0.0214. The molecule has 0 atom stereocenters. The maximum absolute atomic E-state index is 12.0. The van der Waals surface area contributed by atoms with Gasteiger partial charge in [0.25, 0.3) is 10.0 Å². The fourth-order valence-corrected chi connectivity index (χ4v) is 3.30. The maximum Gasteiger partial charge on any atom is 0.264 e. The number of rotatable bonds is 2. The second-order valence-electron chi connectivity index (χ2n) is 3.67. The van der Waals surface area contributed by atoms with Crippen LogP contribution in [-0.4, -0.2) is 35.6 Å². The molecule has 1 saturated heterocycles. The van der Waals surface area contributed by atoms with Crippen molar-refractivity contribution >= 4 is 15.7 Å². The molecule has 0 aliphatic carbocycles. The van der Waals surface area contributed by atoms with Crippen LogP contribution in [-0.2, 0) is 17.1 Å². The minimum atomic E-state index is -3.47. The first-order valence-corrected chi connectivity index (χ1v) is 6.25. The molecule has 2 N–H and O–H groups in total. The van der Waals surface area contributed by atoms with Crippen LogP contribution < -0.4 is 5.73 Å². The topological polar surface area (TPSA) is 81.2 Å². The molecule has 0 amide bonds. The molecular formula is C8H14N4O2S. The first kappa shape index (κ1) is 10.4. The van der Waals surface area contributed by atoms with Gasteiger partial charge in [-0.25, -0.2) is 8.42 Å². The first-order valence-electron chi connectivity index (χ1n) is 4.81. The lowest BCUT2D eigenvalue weighted by atomic mass is 10.4. The fraction of sp³-hybridized carbons (Fsp3) is 0.625. The van der Waals surface area contributed by atoms with Crippen LogP contribution in [0.1, 0.15) is 12.8 Å². The molecule has 0 bridgehead atoms. The molecule has 15 heavy (non-hydrogen) atoms. The molecule has 1 aromatic rings. The van der Waals surface area contributed by atoms with Crippen LogP contribution in [0, 0.1) is 0 Å². The third kappa shape index (κ3) is 1.72. The highest BCUT2D eigenvalue weighted by atomic mass is 32.2. The summed E-state index contributed by atoms with van der Waals surface area (Å²) in [6, 6.07) is 0. The second-order valence-corrected chi connectivity index (χ2v) is 5.53. The number of hydrogen-bond acceptors (Lipinski definition) is 4. The van der Waals surface area contributed by atoms with Gasteiger partial charge in [-0.3, -0.25) is 4.68 Å². The van der Waals surface area contributed by atoms with E-state index in [1.165, 1.54) is 15.2 Å². The normalized spacial score (nSPS) is 18.5. The average Bonchev–Trinajstić information content (AvgIpc) is 2.74. The number of sulfonamides is 1. The molecule has 1 aromatic heterocycles. The Hall–Kier alpha value is -1.08. The Morgan fingerprint density at radius 1 is 1.40 bits per heavy atom. The van der Waals surface area contributed by atoms with E-state index in [1.54, 1.807) is 7.05 Å². The van der Waals surface area contributed by atoms with E-state index in [-0.39, 0.29) is 10.7 Å². The van der Waals surface area contributed by atoms with E-state index in [1.807, 2.05) is 0 Å². The summed E-state index contributed by atoms with van der Waals surface area (Å²) in [5, 5.41) is 3.87. The van der Waals surface area contributed by atoms with Crippen molar-refractivity contribution in [3.8, 4) is 0 Å². The standard InChI is InChI=1S/C8H14N4O2S/c1-11-6-7(9)8(10-11)15(13,14)12-4-2-3-5-12/h6H,2-5,9H2,1H3. The Bertz CT molecular complexity index is 459. The summed E-state index contributed by atoms with van der Waals surface area (Å²) in [5.74, 6) is 0. The lowest BCUT2D eigenvalue weighted by Crippen LogP contribution is -2.28. The Kier molecular flexibility index (Phi) is 2.43. The van der Waals surface area contributed by atoms with E-state index < -0.39 is 10.0 Å². The quantitative estimate of drug-likeness (QED) is 0.762. The molecule has 7 heteroatoms. The van der Waals surface area contributed by atoms with Gasteiger partial charge in [-0.2, -0.15) is 9.40 Å². The van der Waals surface area contributed by atoms with Crippen LogP contribution in [0.2, 0.25) is 0 Å². The molecule has 2 heterocycles. The first-order chi connectivity index (χ1) is 7.01. The van der Waals surface area contributed by atoms with Gasteiger partial charge in [-0.1, -0.05) is 0 Å². The Labute approximate surface area is 88.7 Å². The largest absolute Gasteiger partial charge is 0.395 e. The highest BCUT2D eigenvalue weighted by molar-refractivity contribution is 7.89. The van der Waals surface area contributed by atoms with Crippen LogP contribution in [0.15, 0.2) is 11.2 Å². The number of nitrogens with two attached hydrogens (primary N) is 1. The second kappa shape index (κ2) is 3.49. The van der Waals surface area contributed by atoms with Crippen LogP contribution in [0.5, 0.6) is 0 Å². The molecule has 84 valence electrons. The lowest BCUT2D eigenvalue weighted by molar-refractivity contribution is 0.473. The number of nitrogens with zero attached hydrogens (tertiary/aromatic N) is 3. The molecule has 1 aliphatic heterocycles. The zero-order valence-electron chi connectivity index (χ0n) is 8.55. The van der Waals surface area contributed by atoms with E-state index in [2.05, 4.69) is 5.10 Å². The molecular weight excluding hydrogens is 216 g/mol. The highest BCUT2D eigenvalue weighted by Gasteiger charge is 2.31. The number of nitrogen functional groups attached to an aromatic ring is 1. The van der Waals surface area contributed by atoms with Crippen molar-refractivity contribution in [3.05, 3.63) is 6.20 Å².